The third-order valence-electron chi connectivity index (χ3n) is 3.19. The summed E-state index contributed by atoms with van der Waals surface area (Å²) < 4.78 is 40.3. The molecule has 0 aromatic heterocycles. The molecule has 0 unspecified atom stereocenters. The summed E-state index contributed by atoms with van der Waals surface area (Å²) in [5, 5.41) is 0. The molecule has 2 aromatic rings. The van der Waals surface area contributed by atoms with E-state index in [0.29, 0.717) is 11.1 Å². The van der Waals surface area contributed by atoms with Gasteiger partial charge in [-0.2, -0.15) is 0 Å². The molecule has 2 N–H and O–H groups in total. The van der Waals surface area contributed by atoms with Crippen molar-refractivity contribution < 1.29 is 27.5 Å². The molecule has 0 aliphatic carbocycles. The van der Waals surface area contributed by atoms with Gasteiger partial charge in [0.15, 0.2) is 0 Å². The van der Waals surface area contributed by atoms with Crippen LogP contribution in [0.15, 0.2) is 54.6 Å². The SMILES string of the molecule is NC(=O)CN(Cc1ccc(OC(F)(F)F)cc1)C(=O)c1ccccc1. The van der Waals surface area contributed by atoms with Crippen LogP contribution in [0.3, 0.4) is 0 Å². The number of primary amides is 1. The van der Waals surface area contributed by atoms with Crippen LogP contribution in [0.1, 0.15) is 15.9 Å². The summed E-state index contributed by atoms with van der Waals surface area (Å²) in [5.41, 5.74) is 6.08. The molecule has 0 bridgehead atoms. The molecule has 0 saturated carbocycles. The minimum Gasteiger partial charge on any atom is -0.406 e. The van der Waals surface area contributed by atoms with Crippen molar-refractivity contribution in [2.75, 3.05) is 6.54 Å². The number of rotatable bonds is 6. The zero-order valence-corrected chi connectivity index (χ0v) is 13.0. The highest BCUT2D eigenvalue weighted by atomic mass is 19.4. The number of carbonyl (C=O) groups excluding carboxylic acids is 2. The second-order valence-corrected chi connectivity index (χ2v) is 5.19. The van der Waals surface area contributed by atoms with Crippen LogP contribution in [-0.2, 0) is 11.3 Å². The minimum atomic E-state index is -4.78. The van der Waals surface area contributed by atoms with Gasteiger partial charge < -0.3 is 15.4 Å². The molecule has 0 fully saturated rings. The molecule has 8 heteroatoms. The van der Waals surface area contributed by atoms with Gasteiger partial charge in [-0.1, -0.05) is 30.3 Å². The van der Waals surface area contributed by atoms with Crippen LogP contribution in [0.5, 0.6) is 5.75 Å². The van der Waals surface area contributed by atoms with E-state index in [9.17, 15) is 22.8 Å². The second kappa shape index (κ2) is 7.69. The van der Waals surface area contributed by atoms with Crippen molar-refractivity contribution in [1.82, 2.24) is 4.90 Å². The summed E-state index contributed by atoms with van der Waals surface area (Å²) in [5.74, 6) is -1.47. The highest BCUT2D eigenvalue weighted by molar-refractivity contribution is 5.96. The van der Waals surface area contributed by atoms with Crippen LogP contribution in [0.25, 0.3) is 0 Å². The number of amides is 2. The van der Waals surface area contributed by atoms with Gasteiger partial charge in [-0.25, -0.2) is 0 Å². The lowest BCUT2D eigenvalue weighted by Crippen LogP contribution is -2.38. The monoisotopic (exact) mass is 352 g/mol. The predicted molar refractivity (Wildman–Crippen MR) is 83.5 cm³/mol. The van der Waals surface area contributed by atoms with E-state index in [-0.39, 0.29) is 18.8 Å². The molecule has 2 aromatic carbocycles. The summed E-state index contributed by atoms with van der Waals surface area (Å²) in [6.07, 6.45) is -4.78. The fourth-order valence-corrected chi connectivity index (χ4v) is 2.17. The largest absolute Gasteiger partial charge is 0.573 e. The number of nitrogens with zero attached hydrogens (tertiary/aromatic N) is 1. The minimum absolute atomic E-state index is 0.0168. The molecule has 0 heterocycles. The van der Waals surface area contributed by atoms with Gasteiger partial charge in [0, 0.05) is 12.1 Å². The van der Waals surface area contributed by atoms with Gasteiger partial charge in [-0.05, 0) is 29.8 Å². The lowest BCUT2D eigenvalue weighted by Gasteiger charge is -2.21. The number of ether oxygens (including phenoxy) is 1. The first kappa shape index (κ1) is 18.3. The molecule has 5 nitrogen and oxygen atoms in total. The Hall–Kier alpha value is -3.03. The third-order valence-corrected chi connectivity index (χ3v) is 3.19. The standard InChI is InChI=1S/C17H15F3N2O3/c18-17(19,20)25-14-8-6-12(7-9-14)10-22(11-15(21)23)16(24)13-4-2-1-3-5-13/h1-9H,10-11H2,(H2,21,23). The highest BCUT2D eigenvalue weighted by Crippen LogP contribution is 2.23. The smallest absolute Gasteiger partial charge is 0.406 e. The first-order chi connectivity index (χ1) is 11.7. The van der Waals surface area contributed by atoms with Crippen molar-refractivity contribution in [2.24, 2.45) is 5.73 Å². The number of nitrogens with two attached hydrogens (primary N) is 1. The Kier molecular flexibility index (Phi) is 5.63. The maximum Gasteiger partial charge on any atom is 0.573 e. The molecule has 0 saturated heterocycles. The van der Waals surface area contributed by atoms with Gasteiger partial charge in [0.05, 0.1) is 6.54 Å². The second-order valence-electron chi connectivity index (χ2n) is 5.19. The van der Waals surface area contributed by atoms with Crippen molar-refractivity contribution in [3.05, 3.63) is 65.7 Å². The highest BCUT2D eigenvalue weighted by Gasteiger charge is 2.31. The van der Waals surface area contributed by atoms with Gasteiger partial charge in [-0.3, -0.25) is 9.59 Å². The van der Waals surface area contributed by atoms with Crippen molar-refractivity contribution in [3.8, 4) is 5.75 Å². The van der Waals surface area contributed by atoms with Crippen LogP contribution in [0.2, 0.25) is 0 Å². The van der Waals surface area contributed by atoms with E-state index in [4.69, 9.17) is 5.73 Å². The molecule has 132 valence electrons. The molecule has 0 aliphatic rings. The number of carbonyl (C=O) groups is 2. The van der Waals surface area contributed by atoms with Crippen LogP contribution in [0.4, 0.5) is 13.2 Å². The Labute approximate surface area is 141 Å². The van der Waals surface area contributed by atoms with Crippen molar-refractivity contribution in [1.29, 1.82) is 0 Å². The van der Waals surface area contributed by atoms with E-state index in [0.717, 1.165) is 12.1 Å². The van der Waals surface area contributed by atoms with Crippen LogP contribution < -0.4 is 10.5 Å². The zero-order valence-electron chi connectivity index (χ0n) is 13.0. The maximum absolute atomic E-state index is 12.5. The van der Waals surface area contributed by atoms with Crippen LogP contribution in [-0.4, -0.2) is 29.6 Å². The predicted octanol–water partition coefficient (Wildman–Crippen LogP) is 2.71. The molecular formula is C17H15F3N2O3. The average molecular weight is 352 g/mol. The zero-order chi connectivity index (χ0) is 18.4. The van der Waals surface area contributed by atoms with E-state index >= 15 is 0 Å². The number of hydrogen-bond acceptors (Lipinski definition) is 3. The molecular weight excluding hydrogens is 337 g/mol. The maximum atomic E-state index is 12.5. The summed E-state index contributed by atoms with van der Waals surface area (Å²) >= 11 is 0. The van der Waals surface area contributed by atoms with Gasteiger partial charge in [-0.15, -0.1) is 13.2 Å². The first-order valence-electron chi connectivity index (χ1n) is 7.22. The quantitative estimate of drug-likeness (QED) is 0.869. The molecule has 0 spiro atoms. The Balaban J connectivity index is 2.14. The van der Waals surface area contributed by atoms with Crippen molar-refractivity contribution in [2.45, 2.75) is 12.9 Å². The topological polar surface area (TPSA) is 72.6 Å². The fourth-order valence-electron chi connectivity index (χ4n) is 2.17. The summed E-state index contributed by atoms with van der Waals surface area (Å²) in [4.78, 5) is 24.9. The summed E-state index contributed by atoms with van der Waals surface area (Å²) in [7, 11) is 0. The Bertz CT molecular complexity index is 731. The Morgan fingerprint density at radius 3 is 2.12 bits per heavy atom. The molecule has 0 atom stereocenters. The third kappa shape index (κ3) is 5.83. The number of alkyl halides is 3. The van der Waals surface area contributed by atoms with E-state index in [2.05, 4.69) is 4.74 Å². The lowest BCUT2D eigenvalue weighted by atomic mass is 10.1. The number of hydrogen-bond donors (Lipinski definition) is 1. The molecule has 0 radical (unpaired) electrons. The van der Waals surface area contributed by atoms with Crippen LogP contribution >= 0.6 is 0 Å². The molecule has 2 amide bonds. The lowest BCUT2D eigenvalue weighted by molar-refractivity contribution is -0.274. The fraction of sp³-hybridized carbons (Fsp3) is 0.176. The van der Waals surface area contributed by atoms with E-state index in [1.54, 1.807) is 30.3 Å². The average Bonchev–Trinajstić information content (AvgIpc) is 2.54. The Morgan fingerprint density at radius 1 is 1.00 bits per heavy atom. The first-order valence-corrected chi connectivity index (χ1v) is 7.22. The number of halogens is 3. The number of benzene rings is 2. The van der Waals surface area contributed by atoms with Crippen LogP contribution in [0, 0.1) is 0 Å². The molecule has 0 aliphatic heterocycles. The van der Waals surface area contributed by atoms with Crippen molar-refractivity contribution in [3.63, 3.8) is 0 Å². The molecule has 25 heavy (non-hydrogen) atoms. The van der Waals surface area contributed by atoms with Crippen molar-refractivity contribution >= 4 is 11.8 Å². The van der Waals surface area contributed by atoms with Gasteiger partial charge >= 0.3 is 6.36 Å². The van der Waals surface area contributed by atoms with Gasteiger partial charge in [0.1, 0.15) is 5.75 Å². The normalized spacial score (nSPS) is 11.0. The summed E-state index contributed by atoms with van der Waals surface area (Å²) in [6, 6.07) is 13.3. The van der Waals surface area contributed by atoms with E-state index < -0.39 is 18.2 Å². The Morgan fingerprint density at radius 2 is 1.60 bits per heavy atom. The van der Waals surface area contributed by atoms with Gasteiger partial charge in [0.25, 0.3) is 5.91 Å². The van der Waals surface area contributed by atoms with E-state index in [1.807, 2.05) is 0 Å². The van der Waals surface area contributed by atoms with E-state index in [1.165, 1.54) is 17.0 Å². The van der Waals surface area contributed by atoms with Gasteiger partial charge in [0.2, 0.25) is 5.91 Å². The summed E-state index contributed by atoms with van der Waals surface area (Å²) in [6.45, 7) is -0.294. The molecule has 2 rings (SSSR count).